The molecule has 0 spiro atoms. The maximum absolute atomic E-state index is 13.1. The third kappa shape index (κ3) is 2.13. The molecule has 0 aliphatic heterocycles. The minimum atomic E-state index is -3.05. The van der Waals surface area contributed by atoms with Gasteiger partial charge in [0.1, 0.15) is 5.75 Å². The summed E-state index contributed by atoms with van der Waals surface area (Å²) >= 11 is 5.69. The van der Waals surface area contributed by atoms with Crippen LogP contribution in [0.5, 0.6) is 5.75 Å². The van der Waals surface area contributed by atoms with Crippen molar-refractivity contribution in [3.63, 3.8) is 0 Å². The summed E-state index contributed by atoms with van der Waals surface area (Å²) in [6, 6.07) is 3.80. The van der Waals surface area contributed by atoms with Crippen LogP contribution < -0.4 is 10.5 Å². The normalized spacial score (nSPS) is 11.5. The molecule has 0 heterocycles. The molecule has 0 fully saturated rings. The Kier molecular flexibility index (Phi) is 3.29. The Hall–Kier alpha value is -0.870. The van der Waals surface area contributed by atoms with Gasteiger partial charge in [0.05, 0.1) is 18.7 Å². The number of halogens is 3. The van der Waals surface area contributed by atoms with E-state index in [4.69, 9.17) is 22.1 Å². The molecule has 0 radical (unpaired) electrons. The van der Waals surface area contributed by atoms with Gasteiger partial charge in [-0.2, -0.15) is 8.78 Å². The molecule has 0 aliphatic carbocycles. The minimum Gasteiger partial charge on any atom is -0.495 e. The number of hydrogen-bond donors (Lipinski definition) is 1. The summed E-state index contributed by atoms with van der Waals surface area (Å²) in [6.45, 7) is -0.740. The fourth-order valence-electron chi connectivity index (χ4n) is 1.01. The first kappa shape index (κ1) is 11.2. The smallest absolute Gasteiger partial charge is 0.285 e. The third-order valence-electron chi connectivity index (χ3n) is 1.83. The number of hydrogen-bond acceptors (Lipinski definition) is 2. The monoisotopic (exact) mass is 221 g/mol. The second-order valence-electron chi connectivity index (χ2n) is 2.76. The molecule has 0 bridgehead atoms. The lowest BCUT2D eigenvalue weighted by atomic mass is 10.1. The molecule has 14 heavy (non-hydrogen) atoms. The number of rotatable bonds is 3. The fraction of sp³-hybridized carbons (Fsp3) is 0.333. The number of nitrogens with two attached hydrogens (primary N) is 1. The molecule has 0 unspecified atom stereocenters. The lowest BCUT2D eigenvalue weighted by Gasteiger charge is -2.15. The molecule has 1 aromatic rings. The Bertz CT molecular complexity index is 331. The molecule has 0 amide bonds. The van der Waals surface area contributed by atoms with Crippen LogP contribution in [0.25, 0.3) is 0 Å². The van der Waals surface area contributed by atoms with Crippen LogP contribution in [0.15, 0.2) is 18.2 Å². The topological polar surface area (TPSA) is 35.2 Å². The maximum Gasteiger partial charge on any atom is 0.285 e. The van der Waals surface area contributed by atoms with Gasteiger partial charge in [-0.15, -0.1) is 0 Å². The van der Waals surface area contributed by atoms with Crippen molar-refractivity contribution in [2.45, 2.75) is 5.92 Å². The molecular formula is C9H10ClF2NO. The van der Waals surface area contributed by atoms with Gasteiger partial charge in [-0.25, -0.2) is 0 Å². The minimum absolute atomic E-state index is 0.151. The largest absolute Gasteiger partial charge is 0.495 e. The quantitative estimate of drug-likeness (QED) is 0.851. The van der Waals surface area contributed by atoms with Crippen molar-refractivity contribution in [1.29, 1.82) is 0 Å². The van der Waals surface area contributed by atoms with E-state index in [2.05, 4.69) is 0 Å². The van der Waals surface area contributed by atoms with E-state index in [0.717, 1.165) is 6.07 Å². The fourth-order valence-corrected chi connectivity index (χ4v) is 1.27. The second-order valence-corrected chi connectivity index (χ2v) is 3.17. The standard InChI is InChI=1S/C9H10ClF2NO/c1-14-8-3-2-6(4-7(8)10)9(11,12)5-13/h2-4H,5,13H2,1H3. The second kappa shape index (κ2) is 4.11. The van der Waals surface area contributed by atoms with Crippen molar-refractivity contribution < 1.29 is 13.5 Å². The first-order valence-corrected chi connectivity index (χ1v) is 4.31. The van der Waals surface area contributed by atoms with Crippen LogP contribution >= 0.6 is 11.6 Å². The highest BCUT2D eigenvalue weighted by atomic mass is 35.5. The van der Waals surface area contributed by atoms with E-state index >= 15 is 0 Å². The van der Waals surface area contributed by atoms with Gasteiger partial charge in [0.15, 0.2) is 0 Å². The Morgan fingerprint density at radius 2 is 2.14 bits per heavy atom. The van der Waals surface area contributed by atoms with E-state index < -0.39 is 12.5 Å². The zero-order valence-electron chi connectivity index (χ0n) is 7.56. The highest BCUT2D eigenvalue weighted by molar-refractivity contribution is 6.32. The van der Waals surface area contributed by atoms with Crippen molar-refractivity contribution in [3.8, 4) is 5.75 Å². The van der Waals surface area contributed by atoms with Crippen molar-refractivity contribution in [1.82, 2.24) is 0 Å². The van der Waals surface area contributed by atoms with Gasteiger partial charge in [-0.05, 0) is 18.2 Å². The molecule has 2 nitrogen and oxygen atoms in total. The SMILES string of the molecule is COc1ccc(C(F)(F)CN)cc1Cl. The highest BCUT2D eigenvalue weighted by Gasteiger charge is 2.29. The molecule has 0 saturated carbocycles. The van der Waals surface area contributed by atoms with E-state index in [1.165, 1.54) is 19.2 Å². The van der Waals surface area contributed by atoms with Crippen LogP contribution in [0.3, 0.4) is 0 Å². The van der Waals surface area contributed by atoms with E-state index in [0.29, 0.717) is 5.75 Å². The van der Waals surface area contributed by atoms with Gasteiger partial charge < -0.3 is 10.5 Å². The van der Waals surface area contributed by atoms with Crippen LogP contribution in [-0.4, -0.2) is 13.7 Å². The predicted molar refractivity (Wildman–Crippen MR) is 51.0 cm³/mol. The van der Waals surface area contributed by atoms with Crippen LogP contribution in [0.1, 0.15) is 5.56 Å². The van der Waals surface area contributed by atoms with E-state index in [1.807, 2.05) is 0 Å². The lowest BCUT2D eigenvalue weighted by molar-refractivity contribution is 0.00592. The molecule has 2 N–H and O–H groups in total. The zero-order chi connectivity index (χ0) is 10.8. The number of alkyl halides is 2. The summed E-state index contributed by atoms with van der Waals surface area (Å²) in [7, 11) is 1.42. The van der Waals surface area contributed by atoms with E-state index in [-0.39, 0.29) is 10.6 Å². The molecule has 0 aromatic heterocycles. The maximum atomic E-state index is 13.1. The van der Waals surface area contributed by atoms with Crippen molar-refractivity contribution in [3.05, 3.63) is 28.8 Å². The molecule has 78 valence electrons. The summed E-state index contributed by atoms with van der Waals surface area (Å²) in [5.74, 6) is -2.68. The summed E-state index contributed by atoms with van der Waals surface area (Å²) < 4.78 is 31.0. The van der Waals surface area contributed by atoms with Gasteiger partial charge in [-0.3, -0.25) is 0 Å². The zero-order valence-corrected chi connectivity index (χ0v) is 8.31. The van der Waals surface area contributed by atoms with Crippen molar-refractivity contribution in [2.24, 2.45) is 5.73 Å². The Morgan fingerprint density at radius 1 is 1.50 bits per heavy atom. The number of ether oxygens (including phenoxy) is 1. The molecule has 1 rings (SSSR count). The molecule has 0 atom stereocenters. The molecule has 5 heteroatoms. The van der Waals surface area contributed by atoms with Crippen LogP contribution in [0, 0.1) is 0 Å². The van der Waals surface area contributed by atoms with E-state index in [1.54, 1.807) is 0 Å². The average molecular weight is 222 g/mol. The van der Waals surface area contributed by atoms with Crippen molar-refractivity contribution in [2.75, 3.05) is 13.7 Å². The molecular weight excluding hydrogens is 212 g/mol. The van der Waals surface area contributed by atoms with Gasteiger partial charge in [-0.1, -0.05) is 11.6 Å². The van der Waals surface area contributed by atoms with Gasteiger partial charge in [0.25, 0.3) is 5.92 Å². The Balaban J connectivity index is 3.08. The predicted octanol–water partition coefficient (Wildman–Crippen LogP) is 2.40. The number of methoxy groups -OCH3 is 1. The lowest BCUT2D eigenvalue weighted by Crippen LogP contribution is -2.24. The summed E-state index contributed by atoms with van der Waals surface area (Å²) in [4.78, 5) is 0. The highest BCUT2D eigenvalue weighted by Crippen LogP contribution is 2.32. The number of benzene rings is 1. The molecule has 0 saturated heterocycles. The summed E-state index contributed by atoms with van der Waals surface area (Å²) in [5.41, 5.74) is 4.73. The summed E-state index contributed by atoms with van der Waals surface area (Å²) in [5, 5.41) is 0.151. The first-order chi connectivity index (χ1) is 6.51. The third-order valence-corrected chi connectivity index (χ3v) is 2.13. The van der Waals surface area contributed by atoms with Crippen LogP contribution in [0.2, 0.25) is 5.02 Å². The molecule has 1 aromatic carbocycles. The Morgan fingerprint density at radius 3 is 2.57 bits per heavy atom. The Labute approximate surface area is 85.6 Å². The molecule has 0 aliphatic rings. The van der Waals surface area contributed by atoms with Crippen LogP contribution in [0.4, 0.5) is 8.78 Å². The van der Waals surface area contributed by atoms with Gasteiger partial charge in [0, 0.05) is 5.56 Å². The van der Waals surface area contributed by atoms with Gasteiger partial charge >= 0.3 is 0 Å². The summed E-state index contributed by atoms with van der Waals surface area (Å²) in [6.07, 6.45) is 0. The van der Waals surface area contributed by atoms with Crippen LogP contribution in [-0.2, 0) is 5.92 Å². The average Bonchev–Trinajstić information content (AvgIpc) is 2.17. The van der Waals surface area contributed by atoms with Gasteiger partial charge in [0.2, 0.25) is 0 Å². The van der Waals surface area contributed by atoms with E-state index in [9.17, 15) is 8.78 Å². The first-order valence-electron chi connectivity index (χ1n) is 3.93. The van der Waals surface area contributed by atoms with Crippen molar-refractivity contribution >= 4 is 11.6 Å².